The van der Waals surface area contributed by atoms with Crippen molar-refractivity contribution in [2.75, 3.05) is 6.54 Å². The minimum Gasteiger partial charge on any atom is -0.382 e. The van der Waals surface area contributed by atoms with Crippen molar-refractivity contribution in [1.82, 2.24) is 0 Å². The van der Waals surface area contributed by atoms with Crippen molar-refractivity contribution in [2.45, 2.75) is 26.4 Å². The van der Waals surface area contributed by atoms with Gasteiger partial charge in [0.2, 0.25) is 0 Å². The van der Waals surface area contributed by atoms with Crippen LogP contribution < -0.4 is 5.73 Å². The highest BCUT2D eigenvalue weighted by Gasteiger charge is 2.41. The molecule has 74 valence electrons. The molecule has 0 aromatic carbocycles. The van der Waals surface area contributed by atoms with Gasteiger partial charge in [-0.3, -0.25) is 0 Å². The van der Waals surface area contributed by atoms with Crippen LogP contribution in [0.4, 0.5) is 0 Å². The van der Waals surface area contributed by atoms with Gasteiger partial charge < -0.3 is 10.8 Å². The van der Waals surface area contributed by atoms with Crippen molar-refractivity contribution >= 4 is 11.3 Å². The molecule has 2 nitrogen and oxygen atoms in total. The van der Waals surface area contributed by atoms with Gasteiger partial charge in [0.25, 0.3) is 0 Å². The predicted octanol–water partition coefficient (Wildman–Crippen LogP) is 1.94. The van der Waals surface area contributed by atoms with E-state index >= 15 is 0 Å². The monoisotopic (exact) mass is 199 g/mol. The Bertz CT molecular complexity index is 263. The molecule has 0 amide bonds. The second kappa shape index (κ2) is 3.40. The summed E-state index contributed by atoms with van der Waals surface area (Å²) in [5.41, 5.74) is 4.51. The van der Waals surface area contributed by atoms with Crippen LogP contribution in [-0.2, 0) is 5.60 Å². The first kappa shape index (κ1) is 10.7. The Hall–Kier alpha value is -0.380. The Balaban J connectivity index is 3.09. The molecule has 1 atom stereocenters. The number of thiophene rings is 1. The van der Waals surface area contributed by atoms with Crippen LogP contribution in [0.2, 0.25) is 0 Å². The van der Waals surface area contributed by atoms with Gasteiger partial charge in [-0.1, -0.05) is 26.8 Å². The first-order valence-electron chi connectivity index (χ1n) is 4.38. The largest absolute Gasteiger partial charge is 0.382 e. The summed E-state index contributed by atoms with van der Waals surface area (Å²) in [6, 6.07) is 3.87. The molecule has 0 saturated heterocycles. The highest BCUT2D eigenvalue weighted by molar-refractivity contribution is 7.10. The van der Waals surface area contributed by atoms with E-state index < -0.39 is 5.60 Å². The van der Waals surface area contributed by atoms with Gasteiger partial charge in [0.1, 0.15) is 5.60 Å². The summed E-state index contributed by atoms with van der Waals surface area (Å²) in [7, 11) is 0. The van der Waals surface area contributed by atoms with Crippen molar-refractivity contribution in [3.63, 3.8) is 0 Å². The van der Waals surface area contributed by atoms with Gasteiger partial charge in [-0.25, -0.2) is 0 Å². The lowest BCUT2D eigenvalue weighted by Crippen LogP contribution is -2.45. The van der Waals surface area contributed by atoms with Gasteiger partial charge in [0, 0.05) is 11.4 Å². The zero-order valence-corrected chi connectivity index (χ0v) is 9.19. The lowest BCUT2D eigenvalue weighted by atomic mass is 9.75. The van der Waals surface area contributed by atoms with Crippen LogP contribution in [0.15, 0.2) is 17.5 Å². The molecule has 1 aromatic rings. The molecule has 0 aliphatic heterocycles. The quantitative estimate of drug-likeness (QED) is 0.764. The van der Waals surface area contributed by atoms with Crippen molar-refractivity contribution in [3.8, 4) is 0 Å². The van der Waals surface area contributed by atoms with E-state index in [-0.39, 0.29) is 12.0 Å². The molecule has 1 aromatic heterocycles. The van der Waals surface area contributed by atoms with Crippen LogP contribution in [0.3, 0.4) is 0 Å². The molecule has 0 fully saturated rings. The zero-order chi connectivity index (χ0) is 10.1. The molecule has 1 unspecified atom stereocenters. The Labute approximate surface area is 83.4 Å². The zero-order valence-electron chi connectivity index (χ0n) is 8.37. The summed E-state index contributed by atoms with van der Waals surface area (Å²) in [6.45, 7) is 6.26. The third-order valence-electron chi connectivity index (χ3n) is 2.46. The van der Waals surface area contributed by atoms with Gasteiger partial charge in [-0.05, 0) is 16.9 Å². The molecule has 0 bridgehead atoms. The molecule has 0 aliphatic carbocycles. The topological polar surface area (TPSA) is 46.2 Å². The van der Waals surface area contributed by atoms with E-state index in [1.54, 1.807) is 11.3 Å². The van der Waals surface area contributed by atoms with Gasteiger partial charge in [-0.15, -0.1) is 11.3 Å². The second-order valence-electron chi connectivity index (χ2n) is 4.29. The second-order valence-corrected chi connectivity index (χ2v) is 5.24. The standard InChI is InChI=1S/C10H17NOS/c1-9(2,3)10(12,7-11)8-5-4-6-13-8/h4-6,12H,7,11H2,1-3H3. The van der Waals surface area contributed by atoms with Crippen molar-refractivity contribution in [2.24, 2.45) is 11.1 Å². The molecule has 3 N–H and O–H groups in total. The summed E-state index contributed by atoms with van der Waals surface area (Å²) in [5, 5.41) is 12.4. The van der Waals surface area contributed by atoms with Gasteiger partial charge in [0.05, 0.1) is 0 Å². The minimum absolute atomic E-state index is 0.230. The van der Waals surface area contributed by atoms with Crippen molar-refractivity contribution in [3.05, 3.63) is 22.4 Å². The number of hydrogen-bond acceptors (Lipinski definition) is 3. The fourth-order valence-electron chi connectivity index (χ4n) is 1.29. The number of nitrogens with two attached hydrogens (primary N) is 1. The molecule has 0 saturated carbocycles. The Kier molecular flexibility index (Phi) is 2.80. The van der Waals surface area contributed by atoms with Crippen LogP contribution in [0.5, 0.6) is 0 Å². The van der Waals surface area contributed by atoms with E-state index in [0.29, 0.717) is 0 Å². The van der Waals surface area contributed by atoms with Crippen LogP contribution in [0.25, 0.3) is 0 Å². The van der Waals surface area contributed by atoms with Crippen LogP contribution in [0, 0.1) is 5.41 Å². The number of hydrogen-bond donors (Lipinski definition) is 2. The highest BCUT2D eigenvalue weighted by Crippen LogP contribution is 2.40. The first-order chi connectivity index (χ1) is 5.92. The Morgan fingerprint density at radius 2 is 2.08 bits per heavy atom. The smallest absolute Gasteiger partial charge is 0.116 e. The first-order valence-corrected chi connectivity index (χ1v) is 5.26. The SMILES string of the molecule is CC(C)(C)C(O)(CN)c1cccs1. The maximum Gasteiger partial charge on any atom is 0.116 e. The van der Waals surface area contributed by atoms with E-state index in [0.717, 1.165) is 4.88 Å². The molecule has 0 aliphatic rings. The molecule has 1 heterocycles. The molecule has 0 spiro atoms. The summed E-state index contributed by atoms with van der Waals surface area (Å²) < 4.78 is 0. The summed E-state index contributed by atoms with van der Waals surface area (Å²) in [6.07, 6.45) is 0. The molecule has 1 rings (SSSR count). The molecule has 3 heteroatoms. The normalized spacial score (nSPS) is 17.0. The van der Waals surface area contributed by atoms with Gasteiger partial charge in [0.15, 0.2) is 0 Å². The average molecular weight is 199 g/mol. The van der Waals surface area contributed by atoms with Crippen LogP contribution in [-0.4, -0.2) is 11.7 Å². The van der Waals surface area contributed by atoms with Crippen molar-refractivity contribution in [1.29, 1.82) is 0 Å². The van der Waals surface area contributed by atoms with Crippen LogP contribution >= 0.6 is 11.3 Å². The molecular formula is C10H17NOS. The van der Waals surface area contributed by atoms with Crippen LogP contribution in [0.1, 0.15) is 25.6 Å². The average Bonchev–Trinajstić information content (AvgIpc) is 2.52. The lowest BCUT2D eigenvalue weighted by Gasteiger charge is -2.38. The number of rotatable bonds is 2. The van der Waals surface area contributed by atoms with E-state index in [1.807, 2.05) is 38.3 Å². The van der Waals surface area contributed by atoms with Crippen molar-refractivity contribution < 1.29 is 5.11 Å². The highest BCUT2D eigenvalue weighted by atomic mass is 32.1. The predicted molar refractivity (Wildman–Crippen MR) is 56.7 cm³/mol. The third-order valence-corrected chi connectivity index (χ3v) is 3.49. The summed E-state index contributed by atoms with van der Waals surface area (Å²) >= 11 is 1.55. The fraction of sp³-hybridized carbons (Fsp3) is 0.600. The molecule has 0 radical (unpaired) electrons. The third kappa shape index (κ3) is 1.77. The lowest BCUT2D eigenvalue weighted by molar-refractivity contribution is -0.0525. The van der Waals surface area contributed by atoms with Gasteiger partial charge >= 0.3 is 0 Å². The maximum atomic E-state index is 10.4. The van der Waals surface area contributed by atoms with E-state index in [1.165, 1.54) is 0 Å². The van der Waals surface area contributed by atoms with E-state index in [9.17, 15) is 5.11 Å². The maximum absolute atomic E-state index is 10.4. The Morgan fingerprint density at radius 3 is 2.38 bits per heavy atom. The van der Waals surface area contributed by atoms with E-state index in [2.05, 4.69) is 0 Å². The van der Waals surface area contributed by atoms with Gasteiger partial charge in [-0.2, -0.15) is 0 Å². The molecular weight excluding hydrogens is 182 g/mol. The molecule has 13 heavy (non-hydrogen) atoms. The Morgan fingerprint density at radius 1 is 1.46 bits per heavy atom. The fourth-order valence-corrected chi connectivity index (χ4v) is 2.34. The van der Waals surface area contributed by atoms with E-state index in [4.69, 9.17) is 5.73 Å². The minimum atomic E-state index is -0.902. The summed E-state index contributed by atoms with van der Waals surface area (Å²) in [5.74, 6) is 0. The number of aliphatic hydroxyl groups is 1. The summed E-state index contributed by atoms with van der Waals surface area (Å²) in [4.78, 5) is 0.947.